The van der Waals surface area contributed by atoms with Crippen molar-refractivity contribution in [2.24, 2.45) is 11.8 Å². The van der Waals surface area contributed by atoms with Crippen LogP contribution < -0.4 is 0 Å². The molecule has 12 heteroatoms. The molecule has 2 heterocycles. The van der Waals surface area contributed by atoms with E-state index in [0.717, 1.165) is 0 Å². The van der Waals surface area contributed by atoms with E-state index in [-0.39, 0.29) is 47.9 Å². The molecule has 1 saturated heterocycles. The van der Waals surface area contributed by atoms with Gasteiger partial charge < -0.3 is 19.0 Å². The summed E-state index contributed by atoms with van der Waals surface area (Å²) in [6.07, 6.45) is -0.318. The van der Waals surface area contributed by atoms with Gasteiger partial charge in [0.1, 0.15) is 12.3 Å². The number of rotatable bonds is 12. The Labute approximate surface area is 257 Å². The first kappa shape index (κ1) is 32.4. The molecule has 4 atom stereocenters. The number of non-ortho nitro benzene ring substituents is 1. The van der Waals surface area contributed by atoms with E-state index in [4.69, 9.17) is 9.16 Å². The summed E-state index contributed by atoms with van der Waals surface area (Å²) in [5.41, 5.74) is 1.23. The zero-order chi connectivity index (χ0) is 31.6. The van der Waals surface area contributed by atoms with E-state index >= 15 is 0 Å². The number of amides is 2. The topological polar surface area (TPSA) is 119 Å². The van der Waals surface area contributed by atoms with E-state index in [1.165, 1.54) is 40.9 Å². The van der Waals surface area contributed by atoms with Gasteiger partial charge in [-0.05, 0) is 70.2 Å². The molecule has 10 nitrogen and oxygen atoms in total. The van der Waals surface area contributed by atoms with Gasteiger partial charge in [-0.15, -0.1) is 0 Å². The molecule has 2 aromatic rings. The molecular weight excluding hydrogens is 587 g/mol. The first-order valence-electron chi connectivity index (χ1n) is 14.5. The Hall–Kier alpha value is -3.48. The maximum Gasteiger partial charge on any atom is 0.356 e. The van der Waals surface area contributed by atoms with Gasteiger partial charge in [0.2, 0.25) is 5.91 Å². The van der Waals surface area contributed by atoms with Crippen molar-refractivity contribution in [3.63, 3.8) is 0 Å². The van der Waals surface area contributed by atoms with Crippen LogP contribution in [-0.2, 0) is 25.4 Å². The van der Waals surface area contributed by atoms with Gasteiger partial charge in [0.25, 0.3) is 11.6 Å². The number of esters is 1. The Balaban J connectivity index is 1.68. The number of fused-ring (bicyclic) bond motifs is 1. The number of hydrogen-bond acceptors (Lipinski definition) is 8. The predicted molar refractivity (Wildman–Crippen MR) is 167 cm³/mol. The molecule has 230 valence electrons. The summed E-state index contributed by atoms with van der Waals surface area (Å²) in [5.74, 6) is -1.57. The molecular formula is C31H39N3O7SSi. The van der Waals surface area contributed by atoms with Crippen LogP contribution in [0.25, 0.3) is 0 Å². The number of nitro benzene ring substituents is 1. The van der Waals surface area contributed by atoms with Crippen molar-refractivity contribution in [2.45, 2.75) is 71.0 Å². The summed E-state index contributed by atoms with van der Waals surface area (Å²) in [5, 5.41) is 11.0. The SMILES string of the molecule is CCN(CC)C(=O)c1ccccc1SC1=C(C(=O)OCc2ccc([N+](=O)[O-])cc2)N2C(=O)[C@H]([C@@H](C)O[Si](C)(C)C)[C@H]2[C@H]1C. The van der Waals surface area contributed by atoms with Gasteiger partial charge in [-0.1, -0.05) is 30.8 Å². The van der Waals surface area contributed by atoms with Crippen molar-refractivity contribution < 1.29 is 28.5 Å². The van der Waals surface area contributed by atoms with Crippen LogP contribution in [0.5, 0.6) is 0 Å². The zero-order valence-electron chi connectivity index (χ0n) is 25.7. The Morgan fingerprint density at radius 3 is 2.30 bits per heavy atom. The third kappa shape index (κ3) is 6.71. The minimum absolute atomic E-state index is 0.0614. The molecule has 4 rings (SSSR count). The second-order valence-corrected chi connectivity index (χ2v) is 17.3. The van der Waals surface area contributed by atoms with Crippen molar-refractivity contribution in [2.75, 3.05) is 13.1 Å². The van der Waals surface area contributed by atoms with Gasteiger partial charge in [-0.3, -0.25) is 19.7 Å². The lowest BCUT2D eigenvalue weighted by Crippen LogP contribution is -2.64. The molecule has 0 N–H and O–H groups in total. The highest BCUT2D eigenvalue weighted by Crippen LogP contribution is 2.53. The number of thioether (sulfide) groups is 1. The molecule has 2 aliphatic rings. The van der Waals surface area contributed by atoms with Gasteiger partial charge >= 0.3 is 5.97 Å². The molecule has 2 amide bonds. The molecule has 2 aromatic carbocycles. The van der Waals surface area contributed by atoms with Crippen molar-refractivity contribution >= 4 is 43.6 Å². The third-order valence-electron chi connectivity index (χ3n) is 7.73. The molecule has 0 spiro atoms. The number of benzene rings is 2. The highest BCUT2D eigenvalue weighted by molar-refractivity contribution is 8.03. The van der Waals surface area contributed by atoms with Crippen molar-refractivity contribution in [1.29, 1.82) is 0 Å². The van der Waals surface area contributed by atoms with Crippen LogP contribution in [0.15, 0.2) is 64.0 Å². The van der Waals surface area contributed by atoms with E-state index < -0.39 is 25.1 Å². The van der Waals surface area contributed by atoms with Gasteiger partial charge in [0.15, 0.2) is 8.32 Å². The first-order valence-corrected chi connectivity index (χ1v) is 18.7. The van der Waals surface area contributed by atoms with Crippen LogP contribution in [0.1, 0.15) is 43.6 Å². The predicted octanol–water partition coefficient (Wildman–Crippen LogP) is 5.84. The van der Waals surface area contributed by atoms with E-state index in [2.05, 4.69) is 19.6 Å². The van der Waals surface area contributed by atoms with Gasteiger partial charge in [-0.25, -0.2) is 4.79 Å². The quantitative estimate of drug-likeness (QED) is 0.0949. The fourth-order valence-electron chi connectivity index (χ4n) is 5.73. The average molecular weight is 626 g/mol. The Morgan fingerprint density at radius 2 is 1.72 bits per heavy atom. The highest BCUT2D eigenvalue weighted by Gasteiger charge is 2.61. The Morgan fingerprint density at radius 1 is 1.09 bits per heavy atom. The Bertz CT molecular complexity index is 1440. The van der Waals surface area contributed by atoms with Crippen molar-refractivity contribution in [1.82, 2.24) is 9.80 Å². The summed E-state index contributed by atoms with van der Waals surface area (Å²) in [7, 11) is -1.94. The number of nitro groups is 1. The second kappa shape index (κ2) is 13.0. The van der Waals surface area contributed by atoms with Crippen LogP contribution in [-0.4, -0.2) is 66.1 Å². The van der Waals surface area contributed by atoms with E-state index in [1.807, 2.05) is 45.9 Å². The van der Waals surface area contributed by atoms with Crippen LogP contribution in [0.3, 0.4) is 0 Å². The molecule has 43 heavy (non-hydrogen) atoms. The summed E-state index contributed by atoms with van der Waals surface area (Å²) >= 11 is 1.32. The lowest BCUT2D eigenvalue weighted by atomic mass is 9.79. The molecule has 0 unspecified atom stereocenters. The van der Waals surface area contributed by atoms with Gasteiger partial charge in [0, 0.05) is 40.9 Å². The number of carbonyl (C=O) groups is 3. The maximum absolute atomic E-state index is 13.7. The molecule has 0 aliphatic carbocycles. The highest BCUT2D eigenvalue weighted by atomic mass is 32.2. The fraction of sp³-hybridized carbons (Fsp3) is 0.452. The standard InChI is InChI=1S/C31H39N3O7SSi/c1-8-32(9-2)29(35)23-12-10-11-13-24(23)42-28-19(3)26-25(20(4)41-43(5,6)7)30(36)33(26)27(28)31(37)40-18-21-14-16-22(17-15-21)34(38)39/h10-17,19-20,25-26H,8-9,18H2,1-7H3/t19-,20-,25-,26-/m1/s1. The number of carbonyl (C=O) groups excluding carboxylic acids is 3. The third-order valence-corrected chi connectivity index (χ3v) is 10.2. The molecule has 0 saturated carbocycles. The lowest BCUT2D eigenvalue weighted by Gasteiger charge is -2.48. The molecule has 0 radical (unpaired) electrons. The van der Waals surface area contributed by atoms with Crippen LogP contribution >= 0.6 is 11.8 Å². The number of hydrogen-bond donors (Lipinski definition) is 0. The van der Waals surface area contributed by atoms with E-state index in [0.29, 0.717) is 34.0 Å². The minimum atomic E-state index is -1.94. The first-order chi connectivity index (χ1) is 20.3. The largest absolute Gasteiger partial charge is 0.456 e. The van der Waals surface area contributed by atoms with Crippen LogP contribution in [0, 0.1) is 22.0 Å². The fourth-order valence-corrected chi connectivity index (χ4v) is 8.24. The van der Waals surface area contributed by atoms with Gasteiger partial charge in [0.05, 0.1) is 28.6 Å². The molecule has 1 fully saturated rings. The summed E-state index contributed by atoms with van der Waals surface area (Å²) in [6.45, 7) is 15.0. The molecule has 0 bridgehead atoms. The summed E-state index contributed by atoms with van der Waals surface area (Å²) in [4.78, 5) is 55.9. The number of ether oxygens (including phenoxy) is 1. The average Bonchev–Trinajstić information content (AvgIpc) is 3.19. The van der Waals surface area contributed by atoms with E-state index in [9.17, 15) is 24.5 Å². The van der Waals surface area contributed by atoms with Crippen molar-refractivity contribution in [3.05, 3.63) is 80.4 Å². The zero-order valence-corrected chi connectivity index (χ0v) is 27.5. The lowest BCUT2D eigenvalue weighted by molar-refractivity contribution is -0.384. The smallest absolute Gasteiger partial charge is 0.356 e. The second-order valence-electron chi connectivity index (χ2n) is 11.7. The summed E-state index contributed by atoms with van der Waals surface area (Å²) < 4.78 is 12.0. The van der Waals surface area contributed by atoms with Gasteiger partial charge in [-0.2, -0.15) is 0 Å². The monoisotopic (exact) mass is 625 g/mol. The minimum Gasteiger partial charge on any atom is -0.456 e. The van der Waals surface area contributed by atoms with E-state index in [1.54, 1.807) is 11.0 Å². The van der Waals surface area contributed by atoms with Crippen LogP contribution in [0.2, 0.25) is 19.6 Å². The Kier molecular flexibility index (Phi) is 9.82. The van der Waals surface area contributed by atoms with Crippen molar-refractivity contribution in [3.8, 4) is 0 Å². The molecule has 0 aromatic heterocycles. The van der Waals surface area contributed by atoms with Crippen LogP contribution in [0.4, 0.5) is 5.69 Å². The maximum atomic E-state index is 13.7. The molecule has 2 aliphatic heterocycles. The number of nitrogens with zero attached hydrogens (tertiary/aromatic N) is 3. The summed E-state index contributed by atoms with van der Waals surface area (Å²) in [6, 6.07) is 12.8. The number of β-lactam (4-membered cyclic amide) rings is 1. The normalized spacial score (nSPS) is 20.4.